The monoisotopic (exact) mass is 426 g/mol. The first kappa shape index (κ1) is 20.0. The molecular weight excluding hydrogens is 416 g/mol. The SMILES string of the molecule is O=C(/C=C/c1ccc(O)c(Cl)c1Cl)c1ccc(-c2ccc(C(F)(F)F)cc2)o1. The summed E-state index contributed by atoms with van der Waals surface area (Å²) >= 11 is 11.8. The van der Waals surface area contributed by atoms with Crippen molar-refractivity contribution in [2.45, 2.75) is 6.18 Å². The van der Waals surface area contributed by atoms with E-state index in [1.807, 2.05) is 0 Å². The number of hydrogen-bond acceptors (Lipinski definition) is 3. The Morgan fingerprint density at radius 1 is 0.964 bits per heavy atom. The van der Waals surface area contributed by atoms with E-state index in [9.17, 15) is 23.1 Å². The number of hydrogen-bond donors (Lipinski definition) is 1. The van der Waals surface area contributed by atoms with Gasteiger partial charge in [0.1, 0.15) is 16.5 Å². The number of allylic oxidation sites excluding steroid dienone is 1. The van der Waals surface area contributed by atoms with E-state index in [-0.39, 0.29) is 27.3 Å². The van der Waals surface area contributed by atoms with Crippen LogP contribution in [-0.2, 0) is 6.18 Å². The van der Waals surface area contributed by atoms with Crippen molar-refractivity contribution in [1.29, 1.82) is 0 Å². The van der Waals surface area contributed by atoms with Crippen molar-refractivity contribution in [1.82, 2.24) is 0 Å². The number of carbonyl (C=O) groups excluding carboxylic acids is 1. The van der Waals surface area contributed by atoms with E-state index in [1.165, 1.54) is 48.6 Å². The van der Waals surface area contributed by atoms with Gasteiger partial charge in [0.15, 0.2) is 5.76 Å². The normalized spacial score (nSPS) is 11.9. The molecule has 0 bridgehead atoms. The van der Waals surface area contributed by atoms with Crippen molar-refractivity contribution in [3.63, 3.8) is 0 Å². The first-order chi connectivity index (χ1) is 13.2. The van der Waals surface area contributed by atoms with Crippen LogP contribution in [0.15, 0.2) is 59.0 Å². The third kappa shape index (κ3) is 4.24. The van der Waals surface area contributed by atoms with Crippen LogP contribution in [0.1, 0.15) is 21.7 Å². The number of halogens is 5. The molecule has 0 radical (unpaired) electrons. The average Bonchev–Trinajstić information content (AvgIpc) is 3.15. The second-order valence-electron chi connectivity index (χ2n) is 5.74. The van der Waals surface area contributed by atoms with Crippen molar-refractivity contribution in [3.05, 3.63) is 81.5 Å². The van der Waals surface area contributed by atoms with E-state index >= 15 is 0 Å². The molecule has 1 N–H and O–H groups in total. The number of aromatic hydroxyl groups is 1. The first-order valence-electron chi connectivity index (χ1n) is 7.83. The maximum atomic E-state index is 12.6. The van der Waals surface area contributed by atoms with Crippen LogP contribution in [0.25, 0.3) is 17.4 Å². The molecule has 144 valence electrons. The van der Waals surface area contributed by atoms with Crippen molar-refractivity contribution in [2.24, 2.45) is 0 Å². The van der Waals surface area contributed by atoms with E-state index < -0.39 is 17.5 Å². The summed E-state index contributed by atoms with van der Waals surface area (Å²) in [6.07, 6.45) is -1.80. The van der Waals surface area contributed by atoms with Crippen LogP contribution in [0.4, 0.5) is 13.2 Å². The number of furan rings is 1. The second kappa shape index (κ2) is 7.73. The summed E-state index contributed by atoms with van der Waals surface area (Å²) in [6.45, 7) is 0. The third-order valence-corrected chi connectivity index (χ3v) is 4.74. The molecule has 0 saturated carbocycles. The summed E-state index contributed by atoms with van der Waals surface area (Å²) in [4.78, 5) is 12.3. The molecule has 0 aliphatic rings. The highest BCUT2D eigenvalue weighted by Gasteiger charge is 2.30. The number of benzene rings is 2. The number of phenolic OH excluding ortho intramolecular Hbond substituents is 1. The Hall–Kier alpha value is -2.70. The molecule has 0 fully saturated rings. The first-order valence-corrected chi connectivity index (χ1v) is 8.59. The Bertz CT molecular complexity index is 1050. The Morgan fingerprint density at radius 2 is 1.64 bits per heavy atom. The van der Waals surface area contributed by atoms with Crippen LogP contribution >= 0.6 is 23.2 Å². The summed E-state index contributed by atoms with van der Waals surface area (Å²) in [5, 5.41) is 9.53. The summed E-state index contributed by atoms with van der Waals surface area (Å²) in [6, 6.07) is 10.2. The molecule has 0 unspecified atom stereocenters. The van der Waals surface area contributed by atoms with E-state index in [2.05, 4.69) is 0 Å². The van der Waals surface area contributed by atoms with Gasteiger partial charge in [0.05, 0.1) is 10.6 Å². The predicted molar refractivity (Wildman–Crippen MR) is 101 cm³/mol. The van der Waals surface area contributed by atoms with Gasteiger partial charge in [-0.2, -0.15) is 13.2 Å². The van der Waals surface area contributed by atoms with Crippen LogP contribution in [0.3, 0.4) is 0 Å². The maximum absolute atomic E-state index is 12.6. The number of carbonyl (C=O) groups is 1. The van der Waals surface area contributed by atoms with Crippen molar-refractivity contribution < 1.29 is 27.5 Å². The lowest BCUT2D eigenvalue weighted by atomic mass is 10.1. The standard InChI is InChI=1S/C20H11Cl2F3O3/c21-18-12(4-8-15(27)19(18)22)3-7-14(26)17-10-9-16(28-17)11-1-5-13(6-2-11)20(23,24)25/h1-10,27H/b7-3+. The van der Waals surface area contributed by atoms with Gasteiger partial charge in [-0.05, 0) is 54.1 Å². The van der Waals surface area contributed by atoms with Gasteiger partial charge in [-0.25, -0.2) is 0 Å². The zero-order valence-electron chi connectivity index (χ0n) is 13.9. The summed E-state index contributed by atoms with van der Waals surface area (Å²) < 4.78 is 43.3. The lowest BCUT2D eigenvalue weighted by molar-refractivity contribution is -0.137. The fraction of sp³-hybridized carbons (Fsp3) is 0.0500. The Kier molecular flexibility index (Phi) is 5.54. The zero-order valence-corrected chi connectivity index (χ0v) is 15.4. The molecule has 1 aromatic heterocycles. The van der Waals surface area contributed by atoms with Crippen LogP contribution < -0.4 is 0 Å². The molecule has 0 aliphatic heterocycles. The largest absolute Gasteiger partial charge is 0.506 e. The minimum absolute atomic E-state index is 0.00662. The predicted octanol–water partition coefficient (Wildman–Crippen LogP) is 6.87. The fourth-order valence-electron chi connectivity index (χ4n) is 2.38. The van der Waals surface area contributed by atoms with Gasteiger partial charge >= 0.3 is 6.18 Å². The molecule has 3 aromatic rings. The molecule has 0 spiro atoms. The molecule has 0 aliphatic carbocycles. The zero-order chi connectivity index (χ0) is 20.5. The Balaban J connectivity index is 1.78. The van der Waals surface area contributed by atoms with E-state index in [4.69, 9.17) is 27.6 Å². The smallest absolute Gasteiger partial charge is 0.416 e. The summed E-state index contributed by atoms with van der Waals surface area (Å²) in [5.41, 5.74) is 0.0585. The third-order valence-electron chi connectivity index (χ3n) is 3.85. The maximum Gasteiger partial charge on any atom is 0.416 e. The minimum Gasteiger partial charge on any atom is -0.506 e. The van der Waals surface area contributed by atoms with Gasteiger partial charge in [-0.15, -0.1) is 0 Å². The lowest BCUT2D eigenvalue weighted by Crippen LogP contribution is -2.03. The summed E-state index contributed by atoms with van der Waals surface area (Å²) in [7, 11) is 0. The highest BCUT2D eigenvalue weighted by Crippen LogP contribution is 2.34. The highest BCUT2D eigenvalue weighted by molar-refractivity contribution is 6.43. The molecule has 3 nitrogen and oxygen atoms in total. The Labute approximate surface area is 167 Å². The van der Waals surface area contributed by atoms with Gasteiger partial charge in [0.2, 0.25) is 5.78 Å². The topological polar surface area (TPSA) is 50.4 Å². The van der Waals surface area contributed by atoms with Crippen molar-refractivity contribution in [2.75, 3.05) is 0 Å². The van der Waals surface area contributed by atoms with E-state index in [0.717, 1.165) is 12.1 Å². The second-order valence-corrected chi connectivity index (χ2v) is 6.49. The molecule has 1 heterocycles. The molecule has 0 saturated heterocycles. The number of ketones is 1. The summed E-state index contributed by atoms with van der Waals surface area (Å²) in [5.74, 6) is -0.385. The minimum atomic E-state index is -4.42. The molecule has 8 heteroatoms. The van der Waals surface area contributed by atoms with Crippen LogP contribution in [0.2, 0.25) is 10.0 Å². The van der Waals surface area contributed by atoms with Crippen LogP contribution in [0.5, 0.6) is 5.75 Å². The Morgan fingerprint density at radius 3 is 2.29 bits per heavy atom. The van der Waals surface area contributed by atoms with E-state index in [0.29, 0.717) is 11.1 Å². The molecule has 2 aromatic carbocycles. The molecule has 3 rings (SSSR count). The number of rotatable bonds is 4. The van der Waals surface area contributed by atoms with Crippen molar-refractivity contribution in [3.8, 4) is 17.1 Å². The number of phenols is 1. The van der Waals surface area contributed by atoms with Crippen LogP contribution in [0, 0.1) is 0 Å². The molecular formula is C20H11Cl2F3O3. The van der Waals surface area contributed by atoms with Gasteiger partial charge in [0.25, 0.3) is 0 Å². The fourth-order valence-corrected chi connectivity index (χ4v) is 2.77. The van der Waals surface area contributed by atoms with Gasteiger partial charge in [0, 0.05) is 5.56 Å². The average molecular weight is 427 g/mol. The lowest BCUT2D eigenvalue weighted by Gasteiger charge is -2.06. The molecule has 0 amide bonds. The van der Waals surface area contributed by atoms with Gasteiger partial charge in [-0.1, -0.05) is 35.3 Å². The van der Waals surface area contributed by atoms with Crippen LogP contribution in [-0.4, -0.2) is 10.9 Å². The van der Waals surface area contributed by atoms with Gasteiger partial charge in [-0.3, -0.25) is 4.79 Å². The van der Waals surface area contributed by atoms with E-state index in [1.54, 1.807) is 0 Å². The van der Waals surface area contributed by atoms with Gasteiger partial charge < -0.3 is 9.52 Å². The quantitative estimate of drug-likeness (QED) is 0.365. The van der Waals surface area contributed by atoms with Crippen molar-refractivity contribution >= 4 is 35.1 Å². The number of alkyl halides is 3. The highest BCUT2D eigenvalue weighted by atomic mass is 35.5. The molecule has 0 atom stereocenters. The molecule has 28 heavy (non-hydrogen) atoms.